The van der Waals surface area contributed by atoms with Crippen LogP contribution in [0.4, 0.5) is 0 Å². The molecule has 1 saturated carbocycles. The van der Waals surface area contributed by atoms with Gasteiger partial charge in [0.1, 0.15) is 0 Å². The Labute approximate surface area is 146 Å². The molecule has 0 aromatic carbocycles. The number of carbonyl (C=O) groups is 2. The van der Waals surface area contributed by atoms with Crippen molar-refractivity contribution in [1.29, 1.82) is 0 Å². The molecule has 2 bridgehead atoms. The number of aryl methyl sites for hydroxylation is 4. The normalized spacial score (nSPS) is 27.2. The molecule has 0 radical (unpaired) electrons. The smallest absolute Gasteiger partial charge is 0.251 e. The van der Waals surface area contributed by atoms with Crippen LogP contribution in [0, 0.1) is 51.4 Å². The Morgan fingerprint density at radius 1 is 0.840 bits per heavy atom. The van der Waals surface area contributed by atoms with Crippen molar-refractivity contribution in [2.45, 2.75) is 34.1 Å². The van der Waals surface area contributed by atoms with Gasteiger partial charge in [0.05, 0.1) is 23.2 Å². The second-order valence-electron chi connectivity index (χ2n) is 7.35. The van der Waals surface area contributed by atoms with Crippen molar-refractivity contribution < 1.29 is 9.59 Å². The summed E-state index contributed by atoms with van der Waals surface area (Å²) in [6.45, 7) is 7.49. The number of rotatable bonds is 2. The second kappa shape index (κ2) is 5.51. The van der Waals surface area contributed by atoms with Crippen LogP contribution >= 0.6 is 0 Å². The lowest BCUT2D eigenvalue weighted by Crippen LogP contribution is -2.39. The van der Waals surface area contributed by atoms with Crippen LogP contribution in [0.3, 0.4) is 0 Å². The van der Waals surface area contributed by atoms with Gasteiger partial charge in [-0.2, -0.15) is 10.2 Å². The van der Waals surface area contributed by atoms with E-state index in [9.17, 15) is 9.59 Å². The van der Waals surface area contributed by atoms with Crippen LogP contribution in [0.25, 0.3) is 0 Å². The standard InChI is InChI=1S/C19H22N4O2/c1-10-7-12(3)22(20-10)18(24)16-14-5-6-15(9-14)17(16)19(25)23-13(4)8-11(2)21-23/h5-8,14-17H,9H2,1-4H3. The van der Waals surface area contributed by atoms with E-state index >= 15 is 0 Å². The third-order valence-corrected chi connectivity index (χ3v) is 5.47. The molecule has 130 valence electrons. The van der Waals surface area contributed by atoms with Crippen molar-refractivity contribution in [3.8, 4) is 0 Å². The van der Waals surface area contributed by atoms with Crippen molar-refractivity contribution in [3.05, 3.63) is 47.1 Å². The predicted molar refractivity (Wildman–Crippen MR) is 92.4 cm³/mol. The third kappa shape index (κ3) is 2.39. The zero-order chi connectivity index (χ0) is 17.9. The van der Waals surface area contributed by atoms with Crippen LogP contribution in [0.1, 0.15) is 38.8 Å². The van der Waals surface area contributed by atoms with Gasteiger partial charge >= 0.3 is 0 Å². The van der Waals surface area contributed by atoms with Gasteiger partial charge in [0.25, 0.3) is 11.8 Å². The molecule has 0 spiro atoms. The highest BCUT2D eigenvalue weighted by molar-refractivity contribution is 5.91. The van der Waals surface area contributed by atoms with E-state index in [0.717, 1.165) is 29.2 Å². The first-order valence-corrected chi connectivity index (χ1v) is 8.70. The van der Waals surface area contributed by atoms with Crippen LogP contribution in [-0.4, -0.2) is 31.4 Å². The Kier molecular flexibility index (Phi) is 3.52. The number of aromatic nitrogens is 4. The summed E-state index contributed by atoms with van der Waals surface area (Å²) < 4.78 is 2.94. The average Bonchev–Trinajstić information content (AvgIpc) is 3.29. The number of allylic oxidation sites excluding steroid dienone is 2. The zero-order valence-corrected chi connectivity index (χ0v) is 14.9. The summed E-state index contributed by atoms with van der Waals surface area (Å²) in [5.74, 6) is -0.696. The minimum atomic E-state index is -0.371. The van der Waals surface area contributed by atoms with Crippen LogP contribution < -0.4 is 0 Å². The lowest BCUT2D eigenvalue weighted by Gasteiger charge is -2.26. The molecule has 25 heavy (non-hydrogen) atoms. The highest BCUT2D eigenvalue weighted by atomic mass is 16.2. The number of hydrogen-bond donors (Lipinski definition) is 0. The molecule has 6 nitrogen and oxygen atoms in total. The molecular formula is C19H22N4O2. The van der Waals surface area contributed by atoms with Crippen LogP contribution in [0.2, 0.25) is 0 Å². The summed E-state index contributed by atoms with van der Waals surface area (Å²) in [5.41, 5.74) is 3.25. The van der Waals surface area contributed by atoms with E-state index in [0.29, 0.717) is 0 Å². The van der Waals surface area contributed by atoms with Gasteiger partial charge in [0.15, 0.2) is 0 Å². The minimum absolute atomic E-state index is 0.0812. The van der Waals surface area contributed by atoms with E-state index in [-0.39, 0.29) is 35.5 Å². The lowest BCUT2D eigenvalue weighted by atomic mass is 9.81. The first kappa shape index (κ1) is 16.0. The van der Waals surface area contributed by atoms with Crippen molar-refractivity contribution in [2.24, 2.45) is 23.7 Å². The molecular weight excluding hydrogens is 316 g/mol. The summed E-state index contributed by atoms with van der Waals surface area (Å²) in [4.78, 5) is 26.4. The summed E-state index contributed by atoms with van der Waals surface area (Å²) in [7, 11) is 0. The fourth-order valence-electron chi connectivity index (χ4n) is 4.48. The van der Waals surface area contributed by atoms with Crippen molar-refractivity contribution in [1.82, 2.24) is 19.6 Å². The number of fused-ring (bicyclic) bond motifs is 2. The molecule has 4 unspecified atom stereocenters. The van der Waals surface area contributed by atoms with Gasteiger partial charge in [-0.3, -0.25) is 9.59 Å². The lowest BCUT2D eigenvalue weighted by molar-refractivity contribution is 0.0628. The first-order valence-electron chi connectivity index (χ1n) is 8.70. The first-order chi connectivity index (χ1) is 11.9. The van der Waals surface area contributed by atoms with E-state index < -0.39 is 0 Å². The van der Waals surface area contributed by atoms with Gasteiger partial charge in [-0.15, -0.1) is 0 Å². The van der Waals surface area contributed by atoms with Gasteiger partial charge in [0, 0.05) is 11.4 Å². The molecule has 0 amide bonds. The van der Waals surface area contributed by atoms with Gasteiger partial charge in [-0.1, -0.05) is 12.2 Å². The molecule has 0 aliphatic heterocycles. The quantitative estimate of drug-likeness (QED) is 0.790. The third-order valence-electron chi connectivity index (χ3n) is 5.47. The van der Waals surface area contributed by atoms with E-state index in [2.05, 4.69) is 22.3 Å². The van der Waals surface area contributed by atoms with Crippen molar-refractivity contribution >= 4 is 11.8 Å². The van der Waals surface area contributed by atoms with E-state index in [4.69, 9.17) is 0 Å². The Hall–Kier alpha value is -2.50. The number of carbonyl (C=O) groups excluding carboxylic acids is 2. The van der Waals surface area contributed by atoms with Gasteiger partial charge in [-0.25, -0.2) is 9.36 Å². The highest BCUT2D eigenvalue weighted by Crippen LogP contribution is 2.49. The fraction of sp³-hybridized carbons (Fsp3) is 0.474. The van der Waals surface area contributed by atoms with Crippen molar-refractivity contribution in [2.75, 3.05) is 0 Å². The Balaban J connectivity index is 1.72. The van der Waals surface area contributed by atoms with Gasteiger partial charge < -0.3 is 0 Å². The Morgan fingerprint density at radius 2 is 1.24 bits per heavy atom. The SMILES string of the molecule is Cc1cc(C)n(C(=O)C2C3C=CC(C3)C2C(=O)n2nc(C)cc2C)n1. The zero-order valence-electron chi connectivity index (χ0n) is 14.9. The predicted octanol–water partition coefficient (Wildman–Crippen LogP) is 2.73. The monoisotopic (exact) mass is 338 g/mol. The molecule has 4 atom stereocenters. The number of nitrogens with zero attached hydrogens (tertiary/aromatic N) is 4. The number of hydrogen-bond acceptors (Lipinski definition) is 4. The van der Waals surface area contributed by atoms with Crippen LogP contribution in [0.15, 0.2) is 24.3 Å². The topological polar surface area (TPSA) is 69.8 Å². The summed E-state index contributed by atoms with van der Waals surface area (Å²) in [5, 5.41) is 8.67. The Bertz CT molecular complexity index is 832. The molecule has 4 rings (SSSR count). The summed E-state index contributed by atoms with van der Waals surface area (Å²) >= 11 is 0. The second-order valence-corrected chi connectivity index (χ2v) is 7.35. The molecule has 2 aliphatic rings. The largest absolute Gasteiger partial charge is 0.272 e. The summed E-state index contributed by atoms with van der Waals surface area (Å²) in [6.07, 6.45) is 5.03. The molecule has 2 aromatic heterocycles. The molecule has 1 fully saturated rings. The maximum absolute atomic E-state index is 13.2. The van der Waals surface area contributed by atoms with Gasteiger partial charge in [0.2, 0.25) is 0 Å². The molecule has 2 aliphatic carbocycles. The van der Waals surface area contributed by atoms with Crippen LogP contribution in [-0.2, 0) is 0 Å². The fourth-order valence-corrected chi connectivity index (χ4v) is 4.48. The molecule has 0 saturated heterocycles. The molecule has 2 aromatic rings. The Morgan fingerprint density at radius 3 is 1.56 bits per heavy atom. The average molecular weight is 338 g/mol. The highest BCUT2D eigenvalue weighted by Gasteiger charge is 2.52. The molecule has 0 N–H and O–H groups in total. The molecule has 6 heteroatoms. The van der Waals surface area contributed by atoms with E-state index in [1.165, 1.54) is 9.36 Å². The van der Waals surface area contributed by atoms with E-state index in [1.807, 2.05) is 39.8 Å². The summed E-state index contributed by atoms with van der Waals surface area (Å²) in [6, 6.07) is 3.78. The minimum Gasteiger partial charge on any atom is -0.272 e. The van der Waals surface area contributed by atoms with Crippen molar-refractivity contribution in [3.63, 3.8) is 0 Å². The van der Waals surface area contributed by atoms with Gasteiger partial charge in [-0.05, 0) is 58.1 Å². The maximum atomic E-state index is 13.2. The van der Waals surface area contributed by atoms with E-state index in [1.54, 1.807) is 0 Å². The molecule has 2 heterocycles. The van der Waals surface area contributed by atoms with Crippen LogP contribution in [0.5, 0.6) is 0 Å². The maximum Gasteiger partial charge on any atom is 0.251 e.